The third-order valence-electron chi connectivity index (χ3n) is 6.08. The number of anilines is 2. The van der Waals surface area contributed by atoms with Gasteiger partial charge in [-0.25, -0.2) is 0 Å². The van der Waals surface area contributed by atoms with Gasteiger partial charge in [-0.05, 0) is 54.2 Å². The fourth-order valence-corrected chi connectivity index (χ4v) is 5.05. The first-order valence-electron chi connectivity index (χ1n) is 11.4. The van der Waals surface area contributed by atoms with E-state index in [1.165, 1.54) is 17.0 Å². The number of hydrogen-bond acceptors (Lipinski definition) is 7. The number of aromatic nitrogens is 1. The highest BCUT2D eigenvalue weighted by molar-refractivity contribution is 7.09. The van der Waals surface area contributed by atoms with Crippen LogP contribution in [0.4, 0.5) is 11.4 Å². The van der Waals surface area contributed by atoms with Crippen LogP contribution in [-0.2, 0) is 4.79 Å². The molecule has 10 heteroatoms. The summed E-state index contributed by atoms with van der Waals surface area (Å²) in [4.78, 5) is 40.7. The normalized spacial score (nSPS) is 14.7. The van der Waals surface area contributed by atoms with Crippen molar-refractivity contribution in [1.82, 2.24) is 9.69 Å². The number of phenols is 1. The van der Waals surface area contributed by atoms with Crippen LogP contribution in [0.3, 0.4) is 0 Å². The zero-order chi connectivity index (χ0) is 24.9. The van der Waals surface area contributed by atoms with Gasteiger partial charge in [0.1, 0.15) is 16.7 Å². The Balaban J connectivity index is 1.81. The maximum Gasteiger partial charge on any atom is 0.273 e. The average molecular weight is 494 g/mol. The molecule has 1 aliphatic rings. The summed E-state index contributed by atoms with van der Waals surface area (Å²) in [6.07, 6.45) is 4.94. The number of phenolic OH excluding ortho intramolecular Hbond substituents is 1. The molecule has 9 nitrogen and oxygen atoms in total. The molecule has 3 aromatic rings. The Bertz CT molecular complexity index is 1210. The lowest BCUT2D eigenvalue weighted by Crippen LogP contribution is -2.47. The third-order valence-corrected chi connectivity index (χ3v) is 6.93. The van der Waals surface area contributed by atoms with Crippen molar-refractivity contribution in [2.24, 2.45) is 5.73 Å². The molecule has 1 aliphatic carbocycles. The minimum atomic E-state index is -1.06. The van der Waals surface area contributed by atoms with Crippen molar-refractivity contribution in [2.75, 3.05) is 10.6 Å². The molecule has 2 aromatic carbocycles. The van der Waals surface area contributed by atoms with Gasteiger partial charge >= 0.3 is 0 Å². The van der Waals surface area contributed by atoms with E-state index < -0.39 is 17.9 Å². The molecule has 0 bridgehead atoms. The van der Waals surface area contributed by atoms with Crippen molar-refractivity contribution in [3.63, 3.8) is 0 Å². The Hall–Kier alpha value is -3.92. The second-order valence-corrected chi connectivity index (χ2v) is 9.26. The van der Waals surface area contributed by atoms with Crippen molar-refractivity contribution in [2.45, 2.75) is 44.2 Å². The molecule has 1 heterocycles. The van der Waals surface area contributed by atoms with Crippen LogP contribution < -0.4 is 21.7 Å². The first-order chi connectivity index (χ1) is 16.9. The largest absolute Gasteiger partial charge is 0.508 e. The highest BCUT2D eigenvalue weighted by Gasteiger charge is 2.36. The smallest absolute Gasteiger partial charge is 0.273 e. The van der Waals surface area contributed by atoms with Gasteiger partial charge in [0.15, 0.2) is 5.69 Å². The van der Waals surface area contributed by atoms with Gasteiger partial charge < -0.3 is 21.9 Å². The van der Waals surface area contributed by atoms with Gasteiger partial charge in [0.05, 0.1) is 5.69 Å². The van der Waals surface area contributed by atoms with Crippen LogP contribution in [0.2, 0.25) is 0 Å². The summed E-state index contributed by atoms with van der Waals surface area (Å²) in [5, 5.41) is 12.9. The summed E-state index contributed by atoms with van der Waals surface area (Å²) < 4.78 is 3.96. The van der Waals surface area contributed by atoms with Gasteiger partial charge in [-0.15, -0.1) is 0 Å². The van der Waals surface area contributed by atoms with E-state index in [0.29, 0.717) is 11.3 Å². The minimum Gasteiger partial charge on any atom is -0.508 e. The van der Waals surface area contributed by atoms with Crippen LogP contribution in [-0.4, -0.2) is 33.2 Å². The van der Waals surface area contributed by atoms with E-state index in [9.17, 15) is 19.5 Å². The first kappa shape index (κ1) is 24.2. The molecular formula is C25H27N5O4S. The summed E-state index contributed by atoms with van der Waals surface area (Å²) in [6.45, 7) is 0. The number of carbonyl (C=O) groups is 3. The predicted molar refractivity (Wildman–Crippen MR) is 134 cm³/mol. The number of aromatic hydroxyl groups is 1. The monoisotopic (exact) mass is 493 g/mol. The lowest BCUT2D eigenvalue weighted by Gasteiger charge is -2.33. The van der Waals surface area contributed by atoms with Gasteiger partial charge in [-0.2, -0.15) is 4.37 Å². The van der Waals surface area contributed by atoms with Gasteiger partial charge in [0, 0.05) is 11.7 Å². The van der Waals surface area contributed by atoms with Crippen molar-refractivity contribution in [1.29, 1.82) is 0 Å². The maximum atomic E-state index is 13.9. The number of rotatable bonds is 7. The molecule has 0 spiro atoms. The fraction of sp³-hybridized carbons (Fsp3) is 0.280. The van der Waals surface area contributed by atoms with Crippen LogP contribution in [0.25, 0.3) is 0 Å². The number of para-hydroxylation sites is 1. The SMILES string of the molecule is NC(=O)c1nsc(C(=O)N(c2ccccc2)[C@H](C(=O)NC2CCCCC2)c2ccc(O)cc2)c1N. The van der Waals surface area contributed by atoms with E-state index >= 15 is 0 Å². The fourth-order valence-electron chi connectivity index (χ4n) is 4.31. The molecule has 3 amide bonds. The maximum absolute atomic E-state index is 13.9. The van der Waals surface area contributed by atoms with Crippen molar-refractivity contribution >= 4 is 40.6 Å². The highest BCUT2D eigenvalue weighted by atomic mass is 32.1. The van der Waals surface area contributed by atoms with Gasteiger partial charge in [-0.1, -0.05) is 49.6 Å². The number of benzene rings is 2. The van der Waals surface area contributed by atoms with E-state index in [-0.39, 0.29) is 34.0 Å². The third kappa shape index (κ3) is 5.27. The van der Waals surface area contributed by atoms with Crippen LogP contribution in [0.15, 0.2) is 54.6 Å². The first-order valence-corrected chi connectivity index (χ1v) is 12.2. The molecule has 35 heavy (non-hydrogen) atoms. The molecule has 182 valence electrons. The summed E-state index contributed by atoms with van der Waals surface area (Å²) in [7, 11) is 0. The van der Waals surface area contributed by atoms with E-state index in [4.69, 9.17) is 11.5 Å². The number of amides is 3. The van der Waals surface area contributed by atoms with Crippen LogP contribution in [0, 0.1) is 0 Å². The number of primary amides is 1. The van der Waals surface area contributed by atoms with Crippen molar-refractivity contribution < 1.29 is 19.5 Å². The zero-order valence-corrected chi connectivity index (χ0v) is 19.8. The summed E-state index contributed by atoms with van der Waals surface area (Å²) in [6, 6.07) is 13.8. The van der Waals surface area contributed by atoms with Crippen molar-refractivity contribution in [3.8, 4) is 5.75 Å². The Morgan fingerprint density at radius 2 is 1.69 bits per heavy atom. The van der Waals surface area contributed by atoms with E-state index in [2.05, 4.69) is 9.69 Å². The van der Waals surface area contributed by atoms with Gasteiger partial charge in [0.25, 0.3) is 11.8 Å². The van der Waals surface area contributed by atoms with Crippen molar-refractivity contribution in [3.05, 3.63) is 70.7 Å². The molecular weight excluding hydrogens is 466 g/mol. The molecule has 0 radical (unpaired) electrons. The number of carbonyl (C=O) groups excluding carboxylic acids is 3. The van der Waals surface area contributed by atoms with Crippen LogP contribution in [0.1, 0.15) is 63.9 Å². The summed E-state index contributed by atoms with van der Waals surface area (Å²) >= 11 is 0.759. The number of nitrogen functional groups attached to an aromatic ring is 1. The molecule has 6 N–H and O–H groups in total. The summed E-state index contributed by atoms with van der Waals surface area (Å²) in [5.74, 6) is -1.74. The Kier molecular flexibility index (Phi) is 7.31. The van der Waals surface area contributed by atoms with E-state index in [0.717, 1.165) is 43.6 Å². The summed E-state index contributed by atoms with van der Waals surface area (Å²) in [5.41, 5.74) is 12.1. The Labute approximate surface area is 206 Å². The second kappa shape index (κ2) is 10.6. The second-order valence-electron chi connectivity index (χ2n) is 8.49. The standard InChI is InChI=1S/C25H27N5O4S/c26-19-20(23(27)32)29-35-22(19)25(34)30(17-9-5-2-6-10-17)21(15-11-13-18(31)14-12-15)24(33)28-16-7-3-1-4-8-16/h2,5-6,9-14,16,21,31H,1,3-4,7-8,26H2,(H2,27,32)(H,28,33)/t21-/m0/s1. The Morgan fingerprint density at radius 3 is 2.29 bits per heavy atom. The van der Waals surface area contributed by atoms with Gasteiger partial charge in [0.2, 0.25) is 5.91 Å². The number of hydrogen-bond donors (Lipinski definition) is 4. The molecule has 1 fully saturated rings. The molecule has 0 aliphatic heterocycles. The predicted octanol–water partition coefficient (Wildman–Crippen LogP) is 3.37. The molecule has 0 saturated heterocycles. The molecule has 4 rings (SSSR count). The molecule has 1 saturated carbocycles. The molecule has 1 aromatic heterocycles. The van der Waals surface area contributed by atoms with E-state index in [1.54, 1.807) is 42.5 Å². The highest BCUT2D eigenvalue weighted by Crippen LogP contribution is 2.34. The van der Waals surface area contributed by atoms with Gasteiger partial charge in [-0.3, -0.25) is 19.3 Å². The van der Waals surface area contributed by atoms with E-state index in [1.807, 2.05) is 0 Å². The lowest BCUT2D eigenvalue weighted by molar-refractivity contribution is -0.123. The lowest BCUT2D eigenvalue weighted by atomic mass is 9.94. The number of nitrogens with two attached hydrogens (primary N) is 2. The number of nitrogens with one attached hydrogen (secondary N) is 1. The average Bonchev–Trinajstić information content (AvgIpc) is 3.25. The topological polar surface area (TPSA) is 152 Å². The van der Waals surface area contributed by atoms with Crippen LogP contribution >= 0.6 is 11.5 Å². The molecule has 1 atom stereocenters. The quantitative estimate of drug-likeness (QED) is 0.396. The minimum absolute atomic E-state index is 0.0110. The molecule has 0 unspecified atom stereocenters. The Morgan fingerprint density at radius 1 is 1.03 bits per heavy atom. The number of nitrogens with zero attached hydrogens (tertiary/aromatic N) is 2. The zero-order valence-electron chi connectivity index (χ0n) is 19.0. The van der Waals surface area contributed by atoms with Crippen LogP contribution in [0.5, 0.6) is 5.75 Å².